The van der Waals surface area contributed by atoms with Crippen LogP contribution < -0.4 is 4.74 Å². The lowest BCUT2D eigenvalue weighted by Crippen LogP contribution is -2.33. The molecule has 0 saturated heterocycles. The van der Waals surface area contributed by atoms with E-state index in [0.29, 0.717) is 31.1 Å². The van der Waals surface area contributed by atoms with Gasteiger partial charge in [-0.3, -0.25) is 4.79 Å². The molecule has 5 nitrogen and oxygen atoms in total. The third-order valence-electron chi connectivity index (χ3n) is 4.79. The Morgan fingerprint density at radius 3 is 2.48 bits per heavy atom. The molecule has 0 aliphatic carbocycles. The Labute approximate surface area is 159 Å². The average Bonchev–Trinajstić information content (AvgIpc) is 3.16. The molecule has 0 saturated carbocycles. The van der Waals surface area contributed by atoms with E-state index in [2.05, 4.69) is 17.2 Å². The summed E-state index contributed by atoms with van der Waals surface area (Å²) >= 11 is 0. The molecule has 0 fully saturated rings. The molecule has 2 aromatic carbocycles. The van der Waals surface area contributed by atoms with Gasteiger partial charge in [0.1, 0.15) is 5.56 Å². The van der Waals surface area contributed by atoms with Crippen LogP contribution in [0.4, 0.5) is 0 Å². The number of aromatic nitrogens is 2. The number of aryl methyl sites for hydroxylation is 1. The largest absolute Gasteiger partial charge is 0.477 e. The van der Waals surface area contributed by atoms with Crippen molar-refractivity contribution >= 4 is 5.91 Å². The Bertz CT molecular complexity index is 890. The summed E-state index contributed by atoms with van der Waals surface area (Å²) in [5.74, 6) is 0.571. The number of rotatable bonds is 6. The highest BCUT2D eigenvalue weighted by atomic mass is 16.5. The summed E-state index contributed by atoms with van der Waals surface area (Å²) in [6.45, 7) is 2.64. The quantitative estimate of drug-likeness (QED) is 0.675. The van der Waals surface area contributed by atoms with Gasteiger partial charge in [0.15, 0.2) is 0 Å². The highest BCUT2D eigenvalue weighted by Gasteiger charge is 2.25. The molecule has 0 N–H and O–H groups in total. The lowest BCUT2D eigenvalue weighted by molar-refractivity contribution is 0.0738. The number of hydrogen-bond donors (Lipinski definition) is 0. The van der Waals surface area contributed by atoms with E-state index >= 15 is 0 Å². The van der Waals surface area contributed by atoms with Crippen molar-refractivity contribution in [3.8, 4) is 5.88 Å². The van der Waals surface area contributed by atoms with Gasteiger partial charge in [-0.05, 0) is 17.5 Å². The van der Waals surface area contributed by atoms with Crippen LogP contribution in [0, 0.1) is 0 Å². The molecule has 5 heteroatoms. The smallest absolute Gasteiger partial charge is 0.261 e. The van der Waals surface area contributed by atoms with Gasteiger partial charge in [0.05, 0.1) is 12.8 Å². The molecule has 0 spiro atoms. The molecule has 1 amide bonds. The van der Waals surface area contributed by atoms with E-state index < -0.39 is 0 Å². The summed E-state index contributed by atoms with van der Waals surface area (Å²) in [6, 6.07) is 20.3. The maximum Gasteiger partial charge on any atom is 0.261 e. The maximum absolute atomic E-state index is 13.3. The van der Waals surface area contributed by atoms with Crippen molar-refractivity contribution in [3.05, 3.63) is 83.6 Å². The first-order chi connectivity index (χ1) is 13.3. The fraction of sp³-hybridized carbons (Fsp3) is 0.273. The summed E-state index contributed by atoms with van der Waals surface area (Å²) in [5, 5.41) is 4.33. The Hall–Kier alpha value is -3.08. The number of carbonyl (C=O) groups is 1. The minimum atomic E-state index is -0.0297. The van der Waals surface area contributed by atoms with Crippen molar-refractivity contribution in [2.24, 2.45) is 0 Å². The molecule has 0 bridgehead atoms. The first kappa shape index (κ1) is 17.3. The Kier molecular flexibility index (Phi) is 5.19. The van der Waals surface area contributed by atoms with Crippen LogP contribution in [0.5, 0.6) is 5.88 Å². The molecular weight excluding hydrogens is 338 g/mol. The number of hydrogen-bond acceptors (Lipinski definition) is 3. The fourth-order valence-electron chi connectivity index (χ4n) is 3.35. The zero-order valence-corrected chi connectivity index (χ0v) is 15.3. The van der Waals surface area contributed by atoms with Crippen LogP contribution in [-0.2, 0) is 19.5 Å². The van der Waals surface area contributed by atoms with Gasteiger partial charge in [0, 0.05) is 26.1 Å². The van der Waals surface area contributed by atoms with Crippen molar-refractivity contribution in [2.45, 2.75) is 25.9 Å². The number of ether oxygens (including phenoxy) is 1. The van der Waals surface area contributed by atoms with Crippen LogP contribution in [0.15, 0.2) is 66.9 Å². The van der Waals surface area contributed by atoms with Gasteiger partial charge in [-0.15, -0.1) is 0 Å². The van der Waals surface area contributed by atoms with Crippen molar-refractivity contribution in [3.63, 3.8) is 0 Å². The normalized spacial score (nSPS) is 12.9. The van der Waals surface area contributed by atoms with Gasteiger partial charge in [0.25, 0.3) is 5.91 Å². The van der Waals surface area contributed by atoms with Gasteiger partial charge >= 0.3 is 0 Å². The zero-order valence-electron chi connectivity index (χ0n) is 15.3. The molecule has 138 valence electrons. The SMILES string of the molecule is O=C(c1cnn2c1OCCC2)N(CCc1ccccc1)Cc1ccccc1. The predicted molar refractivity (Wildman–Crippen MR) is 104 cm³/mol. The maximum atomic E-state index is 13.3. The lowest BCUT2D eigenvalue weighted by Gasteiger charge is -2.24. The Balaban J connectivity index is 1.56. The third-order valence-corrected chi connectivity index (χ3v) is 4.79. The summed E-state index contributed by atoms with van der Waals surface area (Å²) in [4.78, 5) is 15.2. The minimum absolute atomic E-state index is 0.0297. The van der Waals surface area contributed by atoms with Crippen LogP contribution >= 0.6 is 0 Å². The lowest BCUT2D eigenvalue weighted by atomic mass is 10.1. The van der Waals surface area contributed by atoms with Crippen molar-refractivity contribution in [1.82, 2.24) is 14.7 Å². The highest BCUT2D eigenvalue weighted by molar-refractivity contribution is 5.96. The average molecular weight is 361 g/mol. The van der Waals surface area contributed by atoms with E-state index in [1.807, 2.05) is 53.4 Å². The van der Waals surface area contributed by atoms with E-state index in [9.17, 15) is 4.79 Å². The van der Waals surface area contributed by atoms with E-state index in [1.165, 1.54) is 5.56 Å². The molecule has 1 aromatic heterocycles. The highest BCUT2D eigenvalue weighted by Crippen LogP contribution is 2.24. The number of benzene rings is 2. The van der Waals surface area contributed by atoms with Gasteiger partial charge < -0.3 is 9.64 Å². The molecule has 27 heavy (non-hydrogen) atoms. The number of nitrogens with zero attached hydrogens (tertiary/aromatic N) is 3. The van der Waals surface area contributed by atoms with Gasteiger partial charge in [0.2, 0.25) is 5.88 Å². The van der Waals surface area contributed by atoms with Crippen molar-refractivity contribution < 1.29 is 9.53 Å². The molecule has 0 atom stereocenters. The van der Waals surface area contributed by atoms with E-state index in [4.69, 9.17) is 4.74 Å². The van der Waals surface area contributed by atoms with E-state index in [1.54, 1.807) is 10.9 Å². The van der Waals surface area contributed by atoms with Crippen LogP contribution in [-0.4, -0.2) is 33.7 Å². The van der Waals surface area contributed by atoms with Gasteiger partial charge in [-0.25, -0.2) is 4.68 Å². The zero-order chi connectivity index (χ0) is 18.5. The second kappa shape index (κ2) is 8.08. The molecule has 0 radical (unpaired) electrons. The molecule has 1 aliphatic rings. The fourth-order valence-corrected chi connectivity index (χ4v) is 3.35. The summed E-state index contributed by atoms with van der Waals surface area (Å²) in [7, 11) is 0. The van der Waals surface area contributed by atoms with Crippen molar-refractivity contribution in [1.29, 1.82) is 0 Å². The minimum Gasteiger partial charge on any atom is -0.477 e. The van der Waals surface area contributed by atoms with E-state index in [0.717, 1.165) is 24.9 Å². The summed E-state index contributed by atoms with van der Waals surface area (Å²) in [6.07, 6.45) is 3.37. The second-order valence-corrected chi connectivity index (χ2v) is 6.74. The Morgan fingerprint density at radius 2 is 1.74 bits per heavy atom. The number of fused-ring (bicyclic) bond motifs is 1. The summed E-state index contributed by atoms with van der Waals surface area (Å²) in [5.41, 5.74) is 2.89. The number of carbonyl (C=O) groups excluding carboxylic acids is 1. The molecule has 3 aromatic rings. The summed E-state index contributed by atoms with van der Waals surface area (Å²) < 4.78 is 7.52. The molecule has 0 unspecified atom stereocenters. The topological polar surface area (TPSA) is 47.4 Å². The number of amides is 1. The molecule has 4 rings (SSSR count). The predicted octanol–water partition coefficient (Wildman–Crippen LogP) is 3.55. The first-order valence-electron chi connectivity index (χ1n) is 9.37. The van der Waals surface area contributed by atoms with Crippen LogP contribution in [0.1, 0.15) is 27.9 Å². The van der Waals surface area contributed by atoms with Crippen LogP contribution in [0.3, 0.4) is 0 Å². The van der Waals surface area contributed by atoms with Crippen LogP contribution in [0.2, 0.25) is 0 Å². The molecule has 1 aliphatic heterocycles. The van der Waals surface area contributed by atoms with Crippen molar-refractivity contribution in [2.75, 3.05) is 13.2 Å². The van der Waals surface area contributed by atoms with Crippen LogP contribution in [0.25, 0.3) is 0 Å². The standard InChI is InChI=1S/C22H23N3O2/c26-21(20-16-23-25-13-7-15-27-22(20)25)24(17-19-10-5-2-6-11-19)14-12-18-8-3-1-4-9-18/h1-6,8-11,16H,7,12-15,17H2. The second-order valence-electron chi connectivity index (χ2n) is 6.74. The van der Waals surface area contributed by atoms with E-state index in [-0.39, 0.29) is 5.91 Å². The third kappa shape index (κ3) is 4.03. The first-order valence-corrected chi connectivity index (χ1v) is 9.37. The Morgan fingerprint density at radius 1 is 1.04 bits per heavy atom. The molecule has 2 heterocycles. The van der Waals surface area contributed by atoms with Gasteiger partial charge in [-0.2, -0.15) is 5.10 Å². The monoisotopic (exact) mass is 361 g/mol. The van der Waals surface area contributed by atoms with Gasteiger partial charge in [-0.1, -0.05) is 60.7 Å². The molecular formula is C22H23N3O2.